The summed E-state index contributed by atoms with van der Waals surface area (Å²) in [6.07, 6.45) is -0.414. The number of rotatable bonds is 12. The Bertz CT molecular complexity index is 2660. The van der Waals surface area contributed by atoms with Crippen LogP contribution in [-0.4, -0.2) is 86.1 Å². The Morgan fingerprint density at radius 3 is 1.46 bits per heavy atom. The fraction of sp³-hybridized carbons (Fsp3) is 0.171. The average Bonchev–Trinajstić information content (AvgIpc) is 3.58. The summed E-state index contributed by atoms with van der Waals surface area (Å²) in [4.78, 5) is 71.8. The number of nitrogens with zero attached hydrogens (tertiary/aromatic N) is 2. The molecular formula is C41H34AsF4N3O10. The normalized spacial score (nSPS) is 11.2. The zero-order chi connectivity index (χ0) is 43.3. The predicted molar refractivity (Wildman–Crippen MR) is 206 cm³/mol. The molecule has 0 aliphatic carbocycles. The number of nitrogens with one attached hydrogen (secondary N) is 1. The van der Waals surface area contributed by atoms with Gasteiger partial charge in [-0.05, 0) is 42.8 Å². The average molecular weight is 880 g/mol. The van der Waals surface area contributed by atoms with E-state index in [2.05, 4.69) is 5.32 Å². The summed E-state index contributed by atoms with van der Waals surface area (Å²) in [5.74, 6) is -8.07. The van der Waals surface area contributed by atoms with Crippen molar-refractivity contribution in [2.75, 3.05) is 6.54 Å². The first-order chi connectivity index (χ1) is 27.9. The number of fused-ring (bicyclic) bond motifs is 2. The van der Waals surface area contributed by atoms with Gasteiger partial charge in [-0.15, -0.1) is 0 Å². The Hall–Kier alpha value is -6.74. The van der Waals surface area contributed by atoms with Crippen LogP contribution in [0.25, 0.3) is 21.8 Å². The van der Waals surface area contributed by atoms with E-state index in [-0.39, 0.29) is 51.4 Å². The molecule has 306 valence electrons. The molecule has 2 heterocycles. The van der Waals surface area contributed by atoms with E-state index in [9.17, 15) is 56.5 Å². The molecule has 1 amide bonds. The number of benzene rings is 4. The number of carboxylic acid groups (broad SMARTS) is 2. The molecule has 0 radical (unpaired) electrons. The molecule has 0 spiro atoms. The second-order valence-corrected chi connectivity index (χ2v) is 16.0. The van der Waals surface area contributed by atoms with Crippen LogP contribution in [0.5, 0.6) is 11.5 Å². The zero-order valence-corrected chi connectivity index (χ0v) is 33.2. The number of phenolic OH excluding ortho intramolecular Hbond substituents is 2. The van der Waals surface area contributed by atoms with Crippen LogP contribution < -0.4 is 5.32 Å². The third-order valence-corrected chi connectivity index (χ3v) is 11.4. The molecule has 13 nitrogen and oxygen atoms in total. The number of hydrogen-bond acceptors (Lipinski definition) is 8. The van der Waals surface area contributed by atoms with Crippen molar-refractivity contribution in [1.29, 1.82) is 0 Å². The second-order valence-electron chi connectivity index (χ2n) is 13.1. The standard InChI is InChI=1S/C21H18AsF2NO5.C20H16F2N2O5/c1-11-14(9-19(27)22-7-6-20(28)29)15-8-18(26)16(24)10-17(15)25(11)21(30)12-2-4-13(23)5-3-12;1-10-13(7-18(26)23-9-19(27)28)14-6-17(25)15(22)8-16(14)24(10)20(29)11-2-4-12(21)5-3-11/h2-5,8,10,22,26H,6-7,9H2,1H3,(H,28,29);2-6,8,25H,7,9H2,1H3,(H,23,26)(H,27,28). The first kappa shape index (κ1) is 43.4. The van der Waals surface area contributed by atoms with Gasteiger partial charge in [0.05, 0.1) is 11.9 Å². The monoisotopic (exact) mass is 879 g/mol. The number of hydrogen-bond donors (Lipinski definition) is 5. The summed E-state index contributed by atoms with van der Waals surface area (Å²) in [6, 6.07) is 13.9. The van der Waals surface area contributed by atoms with Gasteiger partial charge in [-0.25, -0.2) is 8.78 Å². The van der Waals surface area contributed by atoms with E-state index in [1.54, 1.807) is 6.92 Å². The first-order valence-electron chi connectivity index (χ1n) is 17.5. The van der Waals surface area contributed by atoms with Gasteiger partial charge in [0.25, 0.3) is 5.91 Å². The Kier molecular flexibility index (Phi) is 13.4. The maximum atomic E-state index is 14.1. The fourth-order valence-electron chi connectivity index (χ4n) is 6.32. The van der Waals surface area contributed by atoms with Crippen LogP contribution in [0.1, 0.15) is 49.7 Å². The fourth-order valence-corrected chi connectivity index (χ4v) is 8.25. The number of carbonyl (C=O) groups excluding carboxylic acids is 4. The van der Waals surface area contributed by atoms with Crippen LogP contribution in [-0.2, 0) is 32.0 Å². The maximum absolute atomic E-state index is 14.1. The third-order valence-electron chi connectivity index (χ3n) is 9.17. The van der Waals surface area contributed by atoms with Crippen molar-refractivity contribution >= 4 is 71.8 Å². The van der Waals surface area contributed by atoms with E-state index in [1.165, 1.54) is 46.4 Å². The van der Waals surface area contributed by atoms with Gasteiger partial charge in [-0.2, -0.15) is 0 Å². The minimum absolute atomic E-state index is 0.0449. The van der Waals surface area contributed by atoms with Gasteiger partial charge in [0.15, 0.2) is 11.6 Å². The summed E-state index contributed by atoms with van der Waals surface area (Å²) >= 11 is -1.17. The van der Waals surface area contributed by atoms with E-state index < -0.39 is 86.7 Å². The van der Waals surface area contributed by atoms with Crippen LogP contribution in [0.3, 0.4) is 0 Å². The molecule has 18 heteroatoms. The van der Waals surface area contributed by atoms with Crippen molar-refractivity contribution in [1.82, 2.24) is 14.5 Å². The number of phenols is 2. The molecule has 0 bridgehead atoms. The summed E-state index contributed by atoms with van der Waals surface area (Å²) in [5.41, 5.74) is 2.14. The van der Waals surface area contributed by atoms with Gasteiger partial charge < -0.3 is 15.5 Å². The molecule has 2 aromatic heterocycles. The third kappa shape index (κ3) is 9.87. The Labute approximate surface area is 338 Å². The van der Waals surface area contributed by atoms with Crippen molar-refractivity contribution in [2.24, 2.45) is 0 Å². The molecule has 6 rings (SSSR count). The van der Waals surface area contributed by atoms with Crippen LogP contribution >= 0.6 is 0 Å². The van der Waals surface area contributed by atoms with E-state index in [0.717, 1.165) is 42.5 Å². The minimum atomic E-state index is -1.22. The van der Waals surface area contributed by atoms with E-state index in [1.807, 2.05) is 0 Å². The molecule has 5 N–H and O–H groups in total. The topological polar surface area (TPSA) is 205 Å². The van der Waals surface area contributed by atoms with Gasteiger partial charge in [-0.1, -0.05) is 0 Å². The van der Waals surface area contributed by atoms with Crippen LogP contribution in [0.4, 0.5) is 17.6 Å². The number of amides is 1. The molecule has 0 aliphatic rings. The zero-order valence-electron chi connectivity index (χ0n) is 31.1. The van der Waals surface area contributed by atoms with Gasteiger partial charge >= 0.3 is 183 Å². The Morgan fingerprint density at radius 1 is 0.627 bits per heavy atom. The van der Waals surface area contributed by atoms with Crippen molar-refractivity contribution in [3.63, 3.8) is 0 Å². The predicted octanol–water partition coefficient (Wildman–Crippen LogP) is 5.39. The Balaban J connectivity index is 0.000000224. The van der Waals surface area contributed by atoms with Crippen molar-refractivity contribution in [2.45, 2.75) is 38.3 Å². The van der Waals surface area contributed by atoms with Crippen molar-refractivity contribution < 1.29 is 66.8 Å². The van der Waals surface area contributed by atoms with Gasteiger partial charge in [-0.3, -0.25) is 19.0 Å². The van der Waals surface area contributed by atoms with Crippen LogP contribution in [0, 0.1) is 37.1 Å². The first-order valence-corrected chi connectivity index (χ1v) is 20.0. The molecular weight excluding hydrogens is 845 g/mol. The van der Waals surface area contributed by atoms with Gasteiger partial charge in [0.2, 0.25) is 5.91 Å². The SMILES string of the molecule is Cc1c(CC(=O)NCC(=O)O)c2cc(O)c(F)cc2n1C(=O)c1ccc(F)cc1.Cc1c(CC(=O)[AsH]CCC(=O)O)c2cc(O)c(F)cc2n1C(=O)c1ccc(F)cc1. The van der Waals surface area contributed by atoms with Gasteiger partial charge in [0.1, 0.15) is 12.4 Å². The summed E-state index contributed by atoms with van der Waals surface area (Å²) in [7, 11) is 0. The summed E-state index contributed by atoms with van der Waals surface area (Å²) < 4.78 is 56.7. The molecule has 0 aliphatic heterocycles. The number of carboxylic acids is 2. The molecule has 0 fully saturated rings. The number of aliphatic carboxylic acids is 2. The molecule has 59 heavy (non-hydrogen) atoms. The second kappa shape index (κ2) is 18.2. The van der Waals surface area contributed by atoms with Crippen LogP contribution in [0.15, 0.2) is 72.8 Å². The number of aromatic nitrogens is 2. The summed E-state index contributed by atoms with van der Waals surface area (Å²) in [6.45, 7) is 2.57. The Morgan fingerprint density at radius 2 is 1.05 bits per heavy atom. The summed E-state index contributed by atoms with van der Waals surface area (Å²) in [5, 5.41) is 40.1. The molecule has 4 aromatic carbocycles. The molecule has 6 aromatic rings. The van der Waals surface area contributed by atoms with Crippen molar-refractivity contribution in [3.05, 3.63) is 130 Å². The van der Waals surface area contributed by atoms with E-state index in [0.29, 0.717) is 33.1 Å². The van der Waals surface area contributed by atoms with E-state index in [4.69, 9.17) is 10.2 Å². The quantitative estimate of drug-likeness (QED) is 0.0784. The molecule has 1 unspecified atom stereocenters. The van der Waals surface area contributed by atoms with Crippen LogP contribution in [0.2, 0.25) is 5.21 Å². The van der Waals surface area contributed by atoms with E-state index >= 15 is 0 Å². The van der Waals surface area contributed by atoms with Crippen molar-refractivity contribution in [3.8, 4) is 11.5 Å². The number of halogens is 4. The number of carbonyl (C=O) groups is 6. The molecule has 1 atom stereocenters. The molecule has 0 saturated carbocycles. The van der Waals surface area contributed by atoms with Gasteiger partial charge in [0, 0.05) is 22.7 Å². The number of aromatic hydroxyl groups is 2. The molecule has 0 saturated heterocycles.